The van der Waals surface area contributed by atoms with Crippen LogP contribution in [0.4, 0.5) is 10.1 Å². The number of rotatable bonds is 4. The van der Waals surface area contributed by atoms with Crippen LogP contribution in [-0.4, -0.2) is 25.7 Å². The molecule has 1 atom stereocenters. The van der Waals surface area contributed by atoms with Gasteiger partial charge in [-0.05, 0) is 44.5 Å². The first kappa shape index (κ1) is 11.4. The quantitative estimate of drug-likeness (QED) is 0.841. The Morgan fingerprint density at radius 3 is 3.00 bits per heavy atom. The minimum absolute atomic E-state index is 0.157. The van der Waals surface area contributed by atoms with Crippen LogP contribution in [0.25, 0.3) is 0 Å². The van der Waals surface area contributed by atoms with Gasteiger partial charge in [-0.25, -0.2) is 4.39 Å². The van der Waals surface area contributed by atoms with Gasteiger partial charge < -0.3 is 10.2 Å². The number of benzene rings is 1. The Labute approximate surface area is 96.5 Å². The highest BCUT2D eigenvalue weighted by atomic mass is 19.1. The molecule has 0 amide bonds. The van der Waals surface area contributed by atoms with E-state index in [0.717, 1.165) is 25.3 Å². The third kappa shape index (κ3) is 2.73. The van der Waals surface area contributed by atoms with E-state index in [1.54, 1.807) is 12.1 Å². The van der Waals surface area contributed by atoms with Gasteiger partial charge in [0.1, 0.15) is 5.82 Å². The van der Waals surface area contributed by atoms with E-state index >= 15 is 0 Å². The van der Waals surface area contributed by atoms with Crippen molar-refractivity contribution >= 4 is 5.69 Å². The summed E-state index contributed by atoms with van der Waals surface area (Å²) in [7, 11) is 0. The number of nitrogens with one attached hydrogen (secondary N) is 1. The zero-order valence-corrected chi connectivity index (χ0v) is 9.75. The summed E-state index contributed by atoms with van der Waals surface area (Å²) in [6.45, 7) is 5.12. The average molecular weight is 222 g/mol. The molecular weight excluding hydrogens is 203 g/mol. The standard InChI is InChI=1S/C13H19FN2/c1-2-16(10-12-6-4-8-15-12)13-7-3-5-11(14)9-13/h3,5,7,9,12,15H,2,4,6,8,10H2,1H3/t12-/m0/s1. The van der Waals surface area contributed by atoms with Crippen molar-refractivity contribution in [2.75, 3.05) is 24.5 Å². The molecule has 88 valence electrons. The lowest BCUT2D eigenvalue weighted by Gasteiger charge is -2.26. The SMILES string of the molecule is CCN(C[C@@H]1CCCN1)c1cccc(F)c1. The van der Waals surface area contributed by atoms with Gasteiger partial charge in [0.25, 0.3) is 0 Å². The molecule has 2 nitrogen and oxygen atoms in total. The minimum atomic E-state index is -0.157. The number of nitrogens with zero attached hydrogens (tertiary/aromatic N) is 1. The van der Waals surface area contributed by atoms with Crippen LogP contribution in [0.5, 0.6) is 0 Å². The van der Waals surface area contributed by atoms with Crippen molar-refractivity contribution in [3.8, 4) is 0 Å². The van der Waals surface area contributed by atoms with Gasteiger partial charge in [-0.3, -0.25) is 0 Å². The van der Waals surface area contributed by atoms with Gasteiger partial charge in [-0.2, -0.15) is 0 Å². The zero-order valence-electron chi connectivity index (χ0n) is 9.75. The van der Waals surface area contributed by atoms with E-state index in [9.17, 15) is 4.39 Å². The van der Waals surface area contributed by atoms with Crippen molar-refractivity contribution < 1.29 is 4.39 Å². The molecule has 0 radical (unpaired) electrons. The lowest BCUT2D eigenvalue weighted by molar-refractivity contribution is 0.583. The van der Waals surface area contributed by atoms with Crippen molar-refractivity contribution in [3.63, 3.8) is 0 Å². The molecule has 1 aliphatic rings. The smallest absolute Gasteiger partial charge is 0.125 e. The summed E-state index contributed by atoms with van der Waals surface area (Å²) in [6.07, 6.45) is 2.48. The maximum atomic E-state index is 13.1. The highest BCUT2D eigenvalue weighted by Gasteiger charge is 2.17. The Morgan fingerprint density at radius 1 is 1.50 bits per heavy atom. The largest absolute Gasteiger partial charge is 0.370 e. The molecule has 1 aromatic carbocycles. The molecule has 0 aliphatic carbocycles. The molecular formula is C13H19FN2. The normalized spacial score (nSPS) is 20.0. The van der Waals surface area contributed by atoms with Crippen molar-refractivity contribution in [2.45, 2.75) is 25.8 Å². The molecule has 1 aromatic rings. The van der Waals surface area contributed by atoms with Crippen LogP contribution >= 0.6 is 0 Å². The topological polar surface area (TPSA) is 15.3 Å². The molecule has 0 unspecified atom stereocenters. The Kier molecular flexibility index (Phi) is 3.78. The molecule has 1 heterocycles. The fourth-order valence-electron chi connectivity index (χ4n) is 2.27. The predicted molar refractivity (Wildman–Crippen MR) is 65.3 cm³/mol. The molecule has 0 bridgehead atoms. The Balaban J connectivity index is 2.03. The maximum Gasteiger partial charge on any atom is 0.125 e. The van der Waals surface area contributed by atoms with Crippen molar-refractivity contribution in [3.05, 3.63) is 30.1 Å². The first-order chi connectivity index (χ1) is 7.79. The lowest BCUT2D eigenvalue weighted by atomic mass is 10.2. The number of hydrogen-bond donors (Lipinski definition) is 1. The van der Waals surface area contributed by atoms with E-state index in [2.05, 4.69) is 17.1 Å². The number of hydrogen-bond acceptors (Lipinski definition) is 2. The molecule has 0 saturated carbocycles. The van der Waals surface area contributed by atoms with Crippen LogP contribution in [0.15, 0.2) is 24.3 Å². The average Bonchev–Trinajstić information content (AvgIpc) is 2.78. The molecule has 0 aromatic heterocycles. The second kappa shape index (κ2) is 5.30. The van der Waals surface area contributed by atoms with Gasteiger partial charge in [0, 0.05) is 24.8 Å². The third-order valence-electron chi connectivity index (χ3n) is 3.16. The second-order valence-corrected chi connectivity index (χ2v) is 4.31. The zero-order chi connectivity index (χ0) is 11.4. The Bertz CT molecular complexity index is 334. The van der Waals surface area contributed by atoms with Gasteiger partial charge >= 0.3 is 0 Å². The van der Waals surface area contributed by atoms with Crippen molar-refractivity contribution in [1.82, 2.24) is 5.32 Å². The summed E-state index contributed by atoms with van der Waals surface area (Å²) in [5, 5.41) is 3.47. The van der Waals surface area contributed by atoms with Gasteiger partial charge in [-0.15, -0.1) is 0 Å². The monoisotopic (exact) mass is 222 g/mol. The van der Waals surface area contributed by atoms with E-state index in [1.807, 2.05) is 6.07 Å². The van der Waals surface area contributed by atoms with Crippen LogP contribution in [0, 0.1) is 5.82 Å². The second-order valence-electron chi connectivity index (χ2n) is 4.31. The molecule has 3 heteroatoms. The molecule has 2 rings (SSSR count). The van der Waals surface area contributed by atoms with Crippen LogP contribution in [0.1, 0.15) is 19.8 Å². The first-order valence-electron chi connectivity index (χ1n) is 6.03. The Hall–Kier alpha value is -1.09. The fraction of sp³-hybridized carbons (Fsp3) is 0.538. The van der Waals surface area contributed by atoms with E-state index < -0.39 is 0 Å². The molecule has 1 aliphatic heterocycles. The van der Waals surface area contributed by atoms with Crippen molar-refractivity contribution in [2.24, 2.45) is 0 Å². The lowest BCUT2D eigenvalue weighted by Crippen LogP contribution is -2.37. The highest BCUT2D eigenvalue weighted by molar-refractivity contribution is 5.46. The Morgan fingerprint density at radius 2 is 2.38 bits per heavy atom. The van der Waals surface area contributed by atoms with Crippen LogP contribution in [-0.2, 0) is 0 Å². The first-order valence-corrected chi connectivity index (χ1v) is 6.03. The summed E-state index contributed by atoms with van der Waals surface area (Å²) in [5.41, 5.74) is 0.983. The maximum absolute atomic E-state index is 13.1. The molecule has 1 fully saturated rings. The summed E-state index contributed by atoms with van der Waals surface area (Å²) in [5.74, 6) is -0.157. The summed E-state index contributed by atoms with van der Waals surface area (Å²) >= 11 is 0. The number of halogens is 1. The molecule has 1 saturated heterocycles. The summed E-state index contributed by atoms with van der Waals surface area (Å²) in [6, 6.07) is 7.41. The van der Waals surface area contributed by atoms with Gasteiger partial charge in [-0.1, -0.05) is 6.07 Å². The fourth-order valence-corrected chi connectivity index (χ4v) is 2.27. The van der Waals surface area contributed by atoms with E-state index in [4.69, 9.17) is 0 Å². The molecule has 1 N–H and O–H groups in total. The molecule has 0 spiro atoms. The summed E-state index contributed by atoms with van der Waals surface area (Å²) < 4.78 is 13.1. The molecule has 16 heavy (non-hydrogen) atoms. The van der Waals surface area contributed by atoms with E-state index in [1.165, 1.54) is 18.9 Å². The van der Waals surface area contributed by atoms with Gasteiger partial charge in [0.05, 0.1) is 0 Å². The van der Waals surface area contributed by atoms with E-state index in [-0.39, 0.29) is 5.82 Å². The van der Waals surface area contributed by atoms with E-state index in [0.29, 0.717) is 6.04 Å². The minimum Gasteiger partial charge on any atom is -0.370 e. The van der Waals surface area contributed by atoms with Crippen LogP contribution in [0.3, 0.4) is 0 Å². The summed E-state index contributed by atoms with van der Waals surface area (Å²) in [4.78, 5) is 2.23. The third-order valence-corrected chi connectivity index (χ3v) is 3.16. The van der Waals surface area contributed by atoms with Crippen LogP contribution < -0.4 is 10.2 Å². The van der Waals surface area contributed by atoms with Crippen LogP contribution in [0.2, 0.25) is 0 Å². The van der Waals surface area contributed by atoms with Gasteiger partial charge in [0.15, 0.2) is 0 Å². The highest BCUT2D eigenvalue weighted by Crippen LogP contribution is 2.17. The van der Waals surface area contributed by atoms with Crippen molar-refractivity contribution in [1.29, 1.82) is 0 Å². The number of likely N-dealkylation sites (N-methyl/N-ethyl adjacent to an activating group) is 1. The van der Waals surface area contributed by atoms with Gasteiger partial charge in [0.2, 0.25) is 0 Å². The number of anilines is 1. The predicted octanol–water partition coefficient (Wildman–Crippen LogP) is 2.40.